The molecular weight excluding hydrogens is 174 g/mol. The van der Waals surface area contributed by atoms with E-state index in [9.17, 15) is 0 Å². The van der Waals surface area contributed by atoms with Crippen LogP contribution in [0.4, 0.5) is 0 Å². The summed E-state index contributed by atoms with van der Waals surface area (Å²) in [6.07, 6.45) is 3.68. The van der Waals surface area contributed by atoms with Crippen molar-refractivity contribution in [2.24, 2.45) is 0 Å². The van der Waals surface area contributed by atoms with Crippen molar-refractivity contribution in [2.45, 2.75) is 32.3 Å². The molecule has 0 heterocycles. The lowest BCUT2D eigenvalue weighted by atomic mass is 10.1. The summed E-state index contributed by atoms with van der Waals surface area (Å²) in [5.74, 6) is 0.953. The summed E-state index contributed by atoms with van der Waals surface area (Å²) >= 11 is 0. The Labute approximate surface area is 84.1 Å². The van der Waals surface area contributed by atoms with E-state index in [1.807, 2.05) is 18.2 Å². The van der Waals surface area contributed by atoms with Gasteiger partial charge in [-0.05, 0) is 43.0 Å². The number of nitrogens with zero attached hydrogens (tertiary/aromatic N) is 1. The van der Waals surface area contributed by atoms with Crippen LogP contribution in [0.5, 0.6) is 5.75 Å². The van der Waals surface area contributed by atoms with Crippen molar-refractivity contribution in [3.63, 3.8) is 0 Å². The molecule has 72 valence electrons. The molecule has 1 aromatic rings. The normalized spacial score (nSPS) is 14.9. The Kier molecular flexibility index (Phi) is 2.41. The zero-order valence-corrected chi connectivity index (χ0v) is 8.29. The molecule has 0 amide bonds. The van der Waals surface area contributed by atoms with E-state index in [1.165, 1.54) is 12.8 Å². The summed E-state index contributed by atoms with van der Waals surface area (Å²) in [5.41, 5.74) is 1.85. The summed E-state index contributed by atoms with van der Waals surface area (Å²) in [4.78, 5) is 0. The lowest BCUT2D eigenvalue weighted by molar-refractivity contribution is 0.300. The Hall–Kier alpha value is -1.49. The van der Waals surface area contributed by atoms with Crippen LogP contribution in [0.1, 0.15) is 30.9 Å². The molecule has 2 heteroatoms. The molecule has 1 aromatic carbocycles. The van der Waals surface area contributed by atoms with Gasteiger partial charge in [-0.15, -0.1) is 0 Å². The van der Waals surface area contributed by atoms with Gasteiger partial charge in [0.05, 0.1) is 17.7 Å². The van der Waals surface area contributed by atoms with E-state index < -0.39 is 0 Å². The Balaban J connectivity index is 2.25. The van der Waals surface area contributed by atoms with Crippen molar-refractivity contribution in [3.8, 4) is 11.8 Å². The fraction of sp³-hybridized carbons (Fsp3) is 0.417. The van der Waals surface area contributed by atoms with Gasteiger partial charge in [-0.1, -0.05) is 6.92 Å². The predicted molar refractivity (Wildman–Crippen MR) is 54.2 cm³/mol. The van der Waals surface area contributed by atoms with E-state index in [2.05, 4.69) is 13.0 Å². The fourth-order valence-electron chi connectivity index (χ4n) is 1.41. The molecule has 14 heavy (non-hydrogen) atoms. The standard InChI is InChI=1S/C12H13NO/c1-2-10-7-9(8-13)3-6-12(10)14-11-4-5-11/h3,6-7,11H,2,4-5H2,1H3. The molecule has 1 saturated carbocycles. The van der Waals surface area contributed by atoms with Gasteiger partial charge in [0, 0.05) is 0 Å². The zero-order chi connectivity index (χ0) is 9.97. The first-order valence-electron chi connectivity index (χ1n) is 5.03. The monoisotopic (exact) mass is 187 g/mol. The Bertz CT molecular complexity index is 374. The Morgan fingerprint density at radius 2 is 2.29 bits per heavy atom. The number of nitriles is 1. The molecular formula is C12H13NO. The third-order valence-electron chi connectivity index (χ3n) is 2.39. The van der Waals surface area contributed by atoms with Crippen LogP contribution in [0.3, 0.4) is 0 Å². The van der Waals surface area contributed by atoms with E-state index >= 15 is 0 Å². The highest BCUT2D eigenvalue weighted by atomic mass is 16.5. The number of benzene rings is 1. The minimum absolute atomic E-state index is 0.424. The lowest BCUT2D eigenvalue weighted by Crippen LogP contribution is -1.99. The third kappa shape index (κ3) is 1.88. The van der Waals surface area contributed by atoms with E-state index in [0.717, 1.165) is 17.7 Å². The first-order chi connectivity index (χ1) is 6.83. The van der Waals surface area contributed by atoms with Gasteiger partial charge in [-0.3, -0.25) is 0 Å². The number of aryl methyl sites for hydroxylation is 1. The summed E-state index contributed by atoms with van der Waals surface area (Å²) < 4.78 is 5.74. The van der Waals surface area contributed by atoms with Crippen molar-refractivity contribution in [1.82, 2.24) is 0 Å². The molecule has 0 bridgehead atoms. The van der Waals surface area contributed by atoms with Crippen LogP contribution in [-0.4, -0.2) is 6.10 Å². The highest BCUT2D eigenvalue weighted by Gasteiger charge is 2.24. The molecule has 1 fully saturated rings. The van der Waals surface area contributed by atoms with Crippen LogP contribution < -0.4 is 4.74 Å². The van der Waals surface area contributed by atoms with Gasteiger partial charge in [0.15, 0.2) is 0 Å². The zero-order valence-electron chi connectivity index (χ0n) is 8.29. The average molecular weight is 187 g/mol. The van der Waals surface area contributed by atoms with Crippen LogP contribution in [0.15, 0.2) is 18.2 Å². The second kappa shape index (κ2) is 3.71. The van der Waals surface area contributed by atoms with Crippen molar-refractivity contribution >= 4 is 0 Å². The van der Waals surface area contributed by atoms with Gasteiger partial charge in [0.1, 0.15) is 5.75 Å². The molecule has 0 aromatic heterocycles. The van der Waals surface area contributed by atoms with E-state index in [1.54, 1.807) is 0 Å². The minimum Gasteiger partial charge on any atom is -0.490 e. The largest absolute Gasteiger partial charge is 0.490 e. The molecule has 1 aliphatic carbocycles. The van der Waals surface area contributed by atoms with Crippen LogP contribution >= 0.6 is 0 Å². The van der Waals surface area contributed by atoms with Gasteiger partial charge in [0.2, 0.25) is 0 Å². The molecule has 0 N–H and O–H groups in total. The van der Waals surface area contributed by atoms with Crippen molar-refractivity contribution < 1.29 is 4.74 Å². The summed E-state index contributed by atoms with van der Waals surface area (Å²) in [6.45, 7) is 2.08. The summed E-state index contributed by atoms with van der Waals surface area (Å²) in [6, 6.07) is 7.79. The lowest BCUT2D eigenvalue weighted by Gasteiger charge is -2.09. The first kappa shape index (κ1) is 9.08. The second-order valence-electron chi connectivity index (χ2n) is 3.61. The Morgan fingerprint density at radius 3 is 2.86 bits per heavy atom. The van der Waals surface area contributed by atoms with Gasteiger partial charge in [-0.2, -0.15) is 5.26 Å². The Morgan fingerprint density at radius 1 is 1.50 bits per heavy atom. The molecule has 2 rings (SSSR count). The van der Waals surface area contributed by atoms with Crippen molar-refractivity contribution in [2.75, 3.05) is 0 Å². The minimum atomic E-state index is 0.424. The predicted octanol–water partition coefficient (Wildman–Crippen LogP) is 2.66. The van der Waals surface area contributed by atoms with Crippen LogP contribution in [-0.2, 0) is 6.42 Å². The van der Waals surface area contributed by atoms with Crippen molar-refractivity contribution in [1.29, 1.82) is 5.26 Å². The quantitative estimate of drug-likeness (QED) is 0.728. The SMILES string of the molecule is CCc1cc(C#N)ccc1OC1CC1. The van der Waals surface area contributed by atoms with Gasteiger partial charge < -0.3 is 4.74 Å². The van der Waals surface area contributed by atoms with E-state index in [-0.39, 0.29) is 0 Å². The second-order valence-corrected chi connectivity index (χ2v) is 3.61. The van der Waals surface area contributed by atoms with E-state index in [0.29, 0.717) is 11.7 Å². The molecule has 0 saturated heterocycles. The van der Waals surface area contributed by atoms with E-state index in [4.69, 9.17) is 10.00 Å². The van der Waals surface area contributed by atoms with Crippen LogP contribution in [0.2, 0.25) is 0 Å². The third-order valence-corrected chi connectivity index (χ3v) is 2.39. The van der Waals surface area contributed by atoms with Gasteiger partial charge in [0.25, 0.3) is 0 Å². The molecule has 0 radical (unpaired) electrons. The highest BCUT2D eigenvalue weighted by molar-refractivity contribution is 5.42. The topological polar surface area (TPSA) is 33.0 Å². The smallest absolute Gasteiger partial charge is 0.122 e. The molecule has 0 unspecified atom stereocenters. The number of hydrogen-bond acceptors (Lipinski definition) is 2. The number of rotatable bonds is 3. The molecule has 0 spiro atoms. The average Bonchev–Trinajstić information content (AvgIpc) is 3.02. The van der Waals surface area contributed by atoms with Gasteiger partial charge >= 0.3 is 0 Å². The highest BCUT2D eigenvalue weighted by Crippen LogP contribution is 2.29. The maximum Gasteiger partial charge on any atom is 0.122 e. The number of hydrogen-bond donors (Lipinski definition) is 0. The maximum atomic E-state index is 8.75. The summed E-state index contributed by atoms with van der Waals surface area (Å²) in [5, 5.41) is 8.75. The fourth-order valence-corrected chi connectivity index (χ4v) is 1.41. The molecule has 0 aliphatic heterocycles. The number of ether oxygens (including phenoxy) is 1. The summed E-state index contributed by atoms with van der Waals surface area (Å²) in [7, 11) is 0. The molecule has 0 atom stereocenters. The van der Waals surface area contributed by atoms with Crippen LogP contribution in [0, 0.1) is 11.3 Å². The maximum absolute atomic E-state index is 8.75. The molecule has 2 nitrogen and oxygen atoms in total. The van der Waals surface area contributed by atoms with Gasteiger partial charge in [-0.25, -0.2) is 0 Å². The van der Waals surface area contributed by atoms with Crippen LogP contribution in [0.25, 0.3) is 0 Å². The molecule has 1 aliphatic rings. The first-order valence-corrected chi connectivity index (χ1v) is 5.03. The van der Waals surface area contributed by atoms with Crippen molar-refractivity contribution in [3.05, 3.63) is 29.3 Å².